The quantitative estimate of drug-likeness (QED) is 0.0516. The van der Waals surface area contributed by atoms with Gasteiger partial charge in [-0.15, -0.1) is 11.8 Å². The van der Waals surface area contributed by atoms with E-state index in [1.165, 1.54) is 25.6 Å². The number of thioether (sulfide) groups is 1. The van der Waals surface area contributed by atoms with Crippen LogP contribution in [0.25, 0.3) is 21.9 Å². The Labute approximate surface area is 290 Å². The minimum atomic E-state index is -2.72. The molecule has 0 spiro atoms. The lowest BCUT2D eigenvalue weighted by Crippen LogP contribution is -2.45. The minimum absolute atomic E-state index is 0.0302. The van der Waals surface area contributed by atoms with Crippen molar-refractivity contribution in [3.05, 3.63) is 40.2 Å². The second-order valence-electron chi connectivity index (χ2n) is 12.4. The predicted octanol–water partition coefficient (Wildman–Crippen LogP) is 4.19. The number of anilines is 1. The summed E-state index contributed by atoms with van der Waals surface area (Å²) >= 11 is 3.35. The number of fused-ring (bicyclic) bond motifs is 2. The molecule has 2 aromatic carbocycles. The van der Waals surface area contributed by atoms with E-state index < -0.39 is 44.2 Å². The Bertz CT molecular complexity index is 1830. The van der Waals surface area contributed by atoms with E-state index in [-0.39, 0.29) is 36.1 Å². The van der Waals surface area contributed by atoms with Crippen molar-refractivity contribution in [2.45, 2.75) is 69.7 Å². The third-order valence-corrected chi connectivity index (χ3v) is 9.64. The summed E-state index contributed by atoms with van der Waals surface area (Å²) < 4.78 is 29.4. The number of aliphatic hydroxyl groups excluding tert-OH is 1. The third-order valence-electron chi connectivity index (χ3n) is 7.34. The van der Waals surface area contributed by atoms with Crippen molar-refractivity contribution in [1.82, 2.24) is 19.5 Å². The van der Waals surface area contributed by atoms with E-state index in [1.54, 1.807) is 28.8 Å². The first-order chi connectivity index (χ1) is 22.1. The maximum absolute atomic E-state index is 13.1. The van der Waals surface area contributed by atoms with Crippen LogP contribution >= 0.6 is 42.5 Å². The van der Waals surface area contributed by atoms with Crippen LogP contribution in [0.1, 0.15) is 40.8 Å². The molecule has 1 aliphatic rings. The van der Waals surface area contributed by atoms with Gasteiger partial charge in [-0.05, 0) is 37.0 Å². The fraction of sp³-hybridized carbons (Fsp3) is 0.467. The lowest BCUT2D eigenvalue weighted by atomic mass is 9.96. The standard InChI is InChI=1S/C30H36IN6O8PS/c1-15(25(39)43-14-29(2,3)4)36-46(41)45-21-17-10-8-7-9-16(17)11-12-18(21)42-13-19-22(38)30(5,40)26(44-19)37-23-20(33-27(37)31)24(47-6)35-28(32)34-23/h7-12,15,19,22,26,38,40H,13-14H2,1-6H3,(H2,32,34,35)/t15-,19+,22+,26+,30+/m0/s1. The van der Waals surface area contributed by atoms with Crippen LogP contribution in [0.5, 0.6) is 11.5 Å². The fourth-order valence-electron chi connectivity index (χ4n) is 4.94. The largest absolute Gasteiger partial charge is 0.575 e. The molecule has 1 saturated heterocycles. The first-order valence-corrected chi connectivity index (χ1v) is 18.0. The molecule has 3 heterocycles. The number of aliphatic hydroxyl groups is 2. The zero-order valence-corrected chi connectivity index (χ0v) is 30.4. The molecule has 14 nitrogen and oxygen atoms in total. The third kappa shape index (κ3) is 7.58. The molecule has 0 saturated carbocycles. The second-order valence-corrected chi connectivity index (χ2v) is 15.1. The highest BCUT2D eigenvalue weighted by Gasteiger charge is 2.54. The lowest BCUT2D eigenvalue weighted by Gasteiger charge is -2.27. The molecule has 4 aromatic rings. The number of nitrogens with zero attached hydrogens (tertiary/aromatic N) is 5. The van der Waals surface area contributed by atoms with Crippen molar-refractivity contribution in [2.75, 3.05) is 25.2 Å². The van der Waals surface area contributed by atoms with Crippen molar-refractivity contribution < 1.29 is 38.6 Å². The van der Waals surface area contributed by atoms with Gasteiger partial charge in [-0.3, -0.25) is 9.09 Å². The summed E-state index contributed by atoms with van der Waals surface area (Å²) in [6.07, 6.45) is -1.68. The molecule has 0 bridgehead atoms. The second kappa shape index (κ2) is 13.9. The topological polar surface area (TPSA) is 199 Å². The number of imidazole rings is 1. The predicted molar refractivity (Wildman–Crippen MR) is 184 cm³/mol. The summed E-state index contributed by atoms with van der Waals surface area (Å²) in [7, 11) is -2.72. The molecule has 5 rings (SSSR count). The van der Waals surface area contributed by atoms with E-state index in [9.17, 15) is 19.9 Å². The number of hydrogen-bond acceptors (Lipinski definition) is 14. The van der Waals surface area contributed by atoms with Gasteiger partial charge < -0.3 is 35.1 Å². The minimum Gasteiger partial charge on any atom is -0.575 e. The van der Waals surface area contributed by atoms with Crippen molar-refractivity contribution in [3.8, 4) is 11.5 Å². The average Bonchev–Trinajstić information content (AvgIpc) is 3.44. The van der Waals surface area contributed by atoms with Gasteiger partial charge in [0, 0.05) is 28.0 Å². The Hall–Kier alpha value is -2.86. The molecular weight excluding hydrogens is 762 g/mol. The van der Waals surface area contributed by atoms with Crippen LogP contribution in [0.4, 0.5) is 5.95 Å². The van der Waals surface area contributed by atoms with Gasteiger partial charge in [-0.1, -0.05) is 55.8 Å². The van der Waals surface area contributed by atoms with Gasteiger partial charge in [0.1, 0.15) is 35.0 Å². The molecule has 252 valence electrons. The maximum atomic E-state index is 13.1. The molecule has 1 fully saturated rings. The number of ether oxygens (including phenoxy) is 3. The lowest BCUT2D eigenvalue weighted by molar-refractivity contribution is -0.169. The number of aromatic nitrogens is 4. The van der Waals surface area contributed by atoms with Crippen LogP contribution in [0.2, 0.25) is 0 Å². The van der Waals surface area contributed by atoms with Crippen LogP contribution in [0.3, 0.4) is 0 Å². The number of rotatable bonds is 10. The molecular formula is C30H36IN6O8PS. The van der Waals surface area contributed by atoms with Gasteiger partial charge in [0.25, 0.3) is 0 Å². The molecule has 0 aliphatic carbocycles. The summed E-state index contributed by atoms with van der Waals surface area (Å²) in [4.78, 5) is 38.7. The SMILES string of the molecule is CSc1nc(N)nc2c1nc(I)n2[C@@H]1O[C@H](COc2ccc3ccccc3c2O[P+]([O-])=N[C@@H](C)C(=O)OCC(C)(C)C)[C@@H](O)[C@@]1(C)O. The Kier molecular flexibility index (Phi) is 10.5. The molecule has 17 heteroatoms. The van der Waals surface area contributed by atoms with Crippen molar-refractivity contribution in [3.63, 3.8) is 0 Å². The van der Waals surface area contributed by atoms with Gasteiger partial charge in [-0.25, -0.2) is 14.8 Å². The van der Waals surface area contributed by atoms with Crippen LogP contribution < -0.4 is 19.9 Å². The number of esters is 1. The summed E-state index contributed by atoms with van der Waals surface area (Å²) in [6, 6.07) is 9.65. The first-order valence-electron chi connectivity index (χ1n) is 14.6. The average molecular weight is 799 g/mol. The van der Waals surface area contributed by atoms with Crippen LogP contribution in [0.15, 0.2) is 46.2 Å². The summed E-state index contributed by atoms with van der Waals surface area (Å²) in [5, 5.41) is 24.6. The number of benzene rings is 2. The number of nitrogen functional groups attached to an aromatic ring is 1. The van der Waals surface area contributed by atoms with Gasteiger partial charge in [0.15, 0.2) is 27.5 Å². The molecule has 4 N–H and O–H groups in total. The van der Waals surface area contributed by atoms with Gasteiger partial charge in [-0.2, -0.15) is 4.98 Å². The van der Waals surface area contributed by atoms with Gasteiger partial charge in [0.05, 0.1) is 6.61 Å². The number of nitrogens with two attached hydrogens (primary N) is 1. The molecule has 6 atom stereocenters. The van der Waals surface area contributed by atoms with E-state index in [0.29, 0.717) is 25.4 Å². The normalized spacial score (nSPS) is 22.5. The highest BCUT2D eigenvalue weighted by Crippen LogP contribution is 2.43. The summed E-state index contributed by atoms with van der Waals surface area (Å²) in [5.41, 5.74) is 4.76. The number of carbonyl (C=O) groups excluding carboxylic acids is 1. The Morgan fingerprint density at radius 3 is 2.70 bits per heavy atom. The zero-order valence-electron chi connectivity index (χ0n) is 26.6. The molecule has 1 unspecified atom stereocenters. The van der Waals surface area contributed by atoms with E-state index in [0.717, 1.165) is 5.39 Å². The van der Waals surface area contributed by atoms with E-state index in [4.69, 9.17) is 24.5 Å². The van der Waals surface area contributed by atoms with Crippen LogP contribution in [-0.4, -0.2) is 79.0 Å². The molecule has 2 aromatic heterocycles. The highest BCUT2D eigenvalue weighted by molar-refractivity contribution is 14.1. The highest BCUT2D eigenvalue weighted by atomic mass is 127. The molecule has 0 radical (unpaired) electrons. The van der Waals surface area contributed by atoms with E-state index in [1.807, 2.05) is 61.8 Å². The van der Waals surface area contributed by atoms with Crippen molar-refractivity contribution in [2.24, 2.45) is 10.2 Å². The molecule has 1 aliphatic heterocycles. The number of hydrogen-bond donors (Lipinski definition) is 3. The maximum Gasteiger partial charge on any atom is 0.395 e. The fourth-order valence-corrected chi connectivity index (χ4v) is 6.95. The summed E-state index contributed by atoms with van der Waals surface area (Å²) in [5.74, 6) is -0.264. The smallest absolute Gasteiger partial charge is 0.395 e. The van der Waals surface area contributed by atoms with Gasteiger partial charge >= 0.3 is 14.1 Å². The van der Waals surface area contributed by atoms with Gasteiger partial charge in [0.2, 0.25) is 11.7 Å². The molecule has 47 heavy (non-hydrogen) atoms. The van der Waals surface area contributed by atoms with Crippen molar-refractivity contribution in [1.29, 1.82) is 0 Å². The first kappa shape index (κ1) is 35.4. The van der Waals surface area contributed by atoms with Crippen LogP contribution in [0, 0.1) is 9.25 Å². The zero-order chi connectivity index (χ0) is 34.3. The summed E-state index contributed by atoms with van der Waals surface area (Å²) in [6.45, 7) is 8.68. The monoisotopic (exact) mass is 798 g/mol. The Morgan fingerprint density at radius 2 is 2.00 bits per heavy atom. The molecule has 0 amide bonds. The Balaban J connectivity index is 1.39. The van der Waals surface area contributed by atoms with E-state index in [2.05, 4.69) is 19.7 Å². The Morgan fingerprint density at radius 1 is 1.28 bits per heavy atom. The number of halogens is 1. The van der Waals surface area contributed by atoms with E-state index >= 15 is 0 Å². The van der Waals surface area contributed by atoms with Crippen molar-refractivity contribution >= 4 is 76.4 Å². The van der Waals surface area contributed by atoms with Crippen LogP contribution in [-0.2, 0) is 14.3 Å². The number of carbonyl (C=O) groups is 1.